The Morgan fingerprint density at radius 3 is 2.13 bits per heavy atom. The average Bonchev–Trinajstić information content (AvgIpc) is 2.47. The lowest BCUT2D eigenvalue weighted by atomic mass is 10.1. The number of hydrogen-bond donors (Lipinski definition) is 0. The average molecular weight is 340 g/mol. The molecule has 0 saturated heterocycles. The molecule has 0 aliphatic carbocycles. The molecule has 0 radical (unpaired) electrons. The van der Waals surface area contributed by atoms with Crippen LogP contribution in [0.15, 0.2) is 30.3 Å². The van der Waals surface area contributed by atoms with Gasteiger partial charge in [-0.05, 0) is 36.8 Å². The molecule has 0 spiro atoms. The molecule has 23 heavy (non-hydrogen) atoms. The molecular formula is C18H29O4P. The van der Waals surface area contributed by atoms with Gasteiger partial charge in [-0.25, -0.2) is 0 Å². The van der Waals surface area contributed by atoms with Crippen molar-refractivity contribution in [3.63, 3.8) is 0 Å². The maximum Gasteiger partial charge on any atom is 0.315 e. The van der Waals surface area contributed by atoms with Crippen LogP contribution in [0.25, 0.3) is 0 Å². The Hall–Kier alpha value is -1.12. The standard InChI is InChI=1S/C18H29O4P/c1-15(2)10-12-21-18(19)14-23(20,22-13-11-16(3)4)17-8-6-5-7-9-17/h5-9,15-16H,10-14H2,1-4H3. The Labute approximate surface area is 140 Å². The fourth-order valence-corrected chi connectivity index (χ4v) is 3.81. The molecule has 0 amide bonds. The Morgan fingerprint density at radius 2 is 1.57 bits per heavy atom. The number of benzene rings is 1. The van der Waals surface area contributed by atoms with E-state index in [0.717, 1.165) is 12.8 Å². The minimum absolute atomic E-state index is 0.201. The van der Waals surface area contributed by atoms with Gasteiger partial charge in [0.25, 0.3) is 0 Å². The van der Waals surface area contributed by atoms with Crippen molar-refractivity contribution in [1.29, 1.82) is 0 Å². The molecule has 4 nitrogen and oxygen atoms in total. The lowest BCUT2D eigenvalue weighted by molar-refractivity contribution is -0.140. The number of ether oxygens (including phenoxy) is 1. The van der Waals surface area contributed by atoms with Gasteiger partial charge in [0.15, 0.2) is 0 Å². The molecular weight excluding hydrogens is 311 g/mol. The molecule has 1 aromatic rings. The molecule has 0 heterocycles. The predicted molar refractivity (Wildman–Crippen MR) is 94.4 cm³/mol. The molecule has 1 aromatic carbocycles. The lowest BCUT2D eigenvalue weighted by Crippen LogP contribution is -2.19. The van der Waals surface area contributed by atoms with E-state index in [-0.39, 0.29) is 6.16 Å². The molecule has 0 saturated carbocycles. The molecule has 0 bridgehead atoms. The van der Waals surface area contributed by atoms with Crippen LogP contribution in [0.3, 0.4) is 0 Å². The second kappa shape index (κ2) is 9.89. The molecule has 0 fully saturated rings. The van der Waals surface area contributed by atoms with Crippen molar-refractivity contribution in [2.45, 2.75) is 40.5 Å². The highest BCUT2D eigenvalue weighted by atomic mass is 31.2. The fourth-order valence-electron chi connectivity index (χ4n) is 1.93. The number of carbonyl (C=O) groups is 1. The summed E-state index contributed by atoms with van der Waals surface area (Å²) < 4.78 is 24.1. The molecule has 0 aliphatic heterocycles. The minimum Gasteiger partial charge on any atom is -0.465 e. The highest BCUT2D eigenvalue weighted by Crippen LogP contribution is 2.45. The summed E-state index contributed by atoms with van der Waals surface area (Å²) in [5.41, 5.74) is 0. The molecule has 1 atom stereocenters. The van der Waals surface area contributed by atoms with Crippen LogP contribution in [0.1, 0.15) is 40.5 Å². The second-order valence-electron chi connectivity index (χ2n) is 6.59. The highest BCUT2D eigenvalue weighted by Gasteiger charge is 2.30. The quantitative estimate of drug-likeness (QED) is 0.472. The van der Waals surface area contributed by atoms with Gasteiger partial charge < -0.3 is 9.26 Å². The highest BCUT2D eigenvalue weighted by molar-refractivity contribution is 7.67. The third-order valence-electron chi connectivity index (χ3n) is 3.44. The summed E-state index contributed by atoms with van der Waals surface area (Å²) in [6.45, 7) is 9.03. The molecule has 0 aromatic heterocycles. The van der Waals surface area contributed by atoms with Crippen molar-refractivity contribution in [3.05, 3.63) is 30.3 Å². The molecule has 0 N–H and O–H groups in total. The first kappa shape index (κ1) is 19.9. The maximum absolute atomic E-state index is 13.2. The number of carbonyl (C=O) groups excluding carboxylic acids is 1. The molecule has 1 unspecified atom stereocenters. The first-order chi connectivity index (χ1) is 10.8. The van der Waals surface area contributed by atoms with Crippen LogP contribution in [-0.4, -0.2) is 25.3 Å². The Kier molecular flexibility index (Phi) is 8.57. The van der Waals surface area contributed by atoms with E-state index in [1.54, 1.807) is 24.3 Å². The van der Waals surface area contributed by atoms with Crippen molar-refractivity contribution in [3.8, 4) is 0 Å². The molecule has 1 rings (SSSR count). The van der Waals surface area contributed by atoms with Gasteiger partial charge >= 0.3 is 5.97 Å². The smallest absolute Gasteiger partial charge is 0.315 e. The van der Waals surface area contributed by atoms with Crippen molar-refractivity contribution in [2.24, 2.45) is 11.8 Å². The van der Waals surface area contributed by atoms with E-state index < -0.39 is 13.3 Å². The summed E-state index contributed by atoms with van der Waals surface area (Å²) in [6, 6.07) is 8.95. The summed E-state index contributed by atoms with van der Waals surface area (Å²) in [5, 5.41) is 0.574. The summed E-state index contributed by atoms with van der Waals surface area (Å²) in [5.74, 6) is 0.464. The van der Waals surface area contributed by atoms with E-state index in [1.807, 2.05) is 6.07 Å². The topological polar surface area (TPSA) is 52.6 Å². The van der Waals surface area contributed by atoms with Crippen LogP contribution < -0.4 is 5.30 Å². The Balaban J connectivity index is 2.71. The minimum atomic E-state index is -3.22. The third kappa shape index (κ3) is 7.81. The van der Waals surface area contributed by atoms with Gasteiger partial charge in [0.05, 0.1) is 13.2 Å². The van der Waals surface area contributed by atoms with E-state index in [1.165, 1.54) is 0 Å². The second-order valence-corrected chi connectivity index (χ2v) is 9.02. The maximum atomic E-state index is 13.2. The van der Waals surface area contributed by atoms with Gasteiger partial charge in [-0.15, -0.1) is 0 Å². The lowest BCUT2D eigenvalue weighted by Gasteiger charge is -2.19. The summed E-state index contributed by atoms with van der Waals surface area (Å²) >= 11 is 0. The van der Waals surface area contributed by atoms with E-state index in [9.17, 15) is 9.36 Å². The first-order valence-electron chi connectivity index (χ1n) is 8.28. The van der Waals surface area contributed by atoms with E-state index in [0.29, 0.717) is 30.4 Å². The van der Waals surface area contributed by atoms with Crippen LogP contribution in [0.4, 0.5) is 0 Å². The largest absolute Gasteiger partial charge is 0.465 e. The number of rotatable bonds is 10. The summed E-state index contributed by atoms with van der Waals surface area (Å²) in [4.78, 5) is 12.0. The van der Waals surface area contributed by atoms with E-state index in [4.69, 9.17) is 9.26 Å². The van der Waals surface area contributed by atoms with Crippen LogP contribution in [0.5, 0.6) is 0 Å². The van der Waals surface area contributed by atoms with Gasteiger partial charge in [-0.1, -0.05) is 45.9 Å². The first-order valence-corrected chi connectivity index (χ1v) is 10.1. The predicted octanol–water partition coefficient (Wildman–Crippen LogP) is 4.24. The van der Waals surface area contributed by atoms with Crippen molar-refractivity contribution >= 4 is 18.6 Å². The zero-order valence-corrected chi connectivity index (χ0v) is 15.6. The fraction of sp³-hybridized carbons (Fsp3) is 0.611. The van der Waals surface area contributed by atoms with Crippen molar-refractivity contribution in [1.82, 2.24) is 0 Å². The van der Waals surface area contributed by atoms with Crippen LogP contribution >= 0.6 is 7.37 Å². The monoisotopic (exact) mass is 340 g/mol. The summed E-state index contributed by atoms with van der Waals surface area (Å²) in [7, 11) is -3.22. The van der Waals surface area contributed by atoms with Crippen LogP contribution in [0, 0.1) is 11.8 Å². The molecule has 5 heteroatoms. The Bertz CT molecular complexity index is 511. The van der Waals surface area contributed by atoms with Gasteiger partial charge in [-0.3, -0.25) is 9.36 Å². The van der Waals surface area contributed by atoms with Crippen molar-refractivity contribution < 1.29 is 18.6 Å². The number of esters is 1. The number of hydrogen-bond acceptors (Lipinski definition) is 4. The van der Waals surface area contributed by atoms with Crippen LogP contribution in [-0.2, 0) is 18.6 Å². The summed E-state index contributed by atoms with van der Waals surface area (Å²) in [6.07, 6.45) is 1.40. The van der Waals surface area contributed by atoms with Gasteiger partial charge in [0, 0.05) is 5.30 Å². The van der Waals surface area contributed by atoms with Crippen molar-refractivity contribution in [2.75, 3.05) is 19.4 Å². The van der Waals surface area contributed by atoms with E-state index >= 15 is 0 Å². The van der Waals surface area contributed by atoms with Gasteiger partial charge in [0.2, 0.25) is 7.37 Å². The molecule has 0 aliphatic rings. The van der Waals surface area contributed by atoms with Crippen LogP contribution in [0.2, 0.25) is 0 Å². The SMILES string of the molecule is CC(C)CCOC(=O)CP(=O)(OCCC(C)C)c1ccccc1. The van der Waals surface area contributed by atoms with E-state index in [2.05, 4.69) is 27.7 Å². The third-order valence-corrected chi connectivity index (χ3v) is 5.80. The normalized spacial score (nSPS) is 14.0. The Morgan fingerprint density at radius 1 is 1.00 bits per heavy atom. The molecule has 130 valence electrons. The van der Waals surface area contributed by atoms with Gasteiger partial charge in [0.1, 0.15) is 6.16 Å². The zero-order valence-electron chi connectivity index (χ0n) is 14.7. The zero-order chi connectivity index (χ0) is 17.3. The van der Waals surface area contributed by atoms with Gasteiger partial charge in [-0.2, -0.15) is 0 Å².